The van der Waals surface area contributed by atoms with Crippen molar-refractivity contribution in [1.82, 2.24) is 23.5 Å². The van der Waals surface area contributed by atoms with Crippen LogP contribution in [0, 0.1) is 0 Å². The molecule has 194 valence electrons. The summed E-state index contributed by atoms with van der Waals surface area (Å²) in [4.78, 5) is 46.6. The lowest BCUT2D eigenvalue weighted by atomic mass is 10.00. The first-order valence-electron chi connectivity index (χ1n) is 12.2. The SMILES string of the molecule is CSc1nc(-c2ccccc2)c(C2C=CCn3c(=O)n(-c4ccccc4)c(=O)n32)c(=O)n1-c1ccc(Cl)cc1. The highest BCUT2D eigenvalue weighted by atomic mass is 35.5. The molecule has 10 heteroatoms. The molecule has 8 nitrogen and oxygen atoms in total. The van der Waals surface area contributed by atoms with Crippen LogP contribution in [0.1, 0.15) is 11.6 Å². The zero-order chi connectivity index (χ0) is 27.1. The number of thioether (sulfide) groups is 1. The van der Waals surface area contributed by atoms with Crippen LogP contribution in [0.4, 0.5) is 0 Å². The van der Waals surface area contributed by atoms with Gasteiger partial charge in [-0.1, -0.05) is 84.0 Å². The number of allylic oxidation sites excluding steroid dienone is 2. The molecule has 1 unspecified atom stereocenters. The van der Waals surface area contributed by atoms with E-state index in [0.717, 1.165) is 10.1 Å². The summed E-state index contributed by atoms with van der Waals surface area (Å²) in [6.07, 6.45) is 5.43. The Morgan fingerprint density at radius 2 is 1.46 bits per heavy atom. The maximum Gasteiger partial charge on any atom is 0.352 e. The molecule has 3 heterocycles. The minimum absolute atomic E-state index is 0.201. The van der Waals surface area contributed by atoms with E-state index in [1.54, 1.807) is 60.7 Å². The Balaban J connectivity index is 1.68. The quantitative estimate of drug-likeness (QED) is 0.180. The molecule has 1 aliphatic heterocycles. The van der Waals surface area contributed by atoms with Crippen molar-refractivity contribution in [2.75, 3.05) is 6.26 Å². The fourth-order valence-corrected chi connectivity index (χ4v) is 5.55. The predicted molar refractivity (Wildman–Crippen MR) is 154 cm³/mol. The number of hydrogen-bond acceptors (Lipinski definition) is 5. The molecule has 0 fully saturated rings. The van der Waals surface area contributed by atoms with E-state index < -0.39 is 17.4 Å². The van der Waals surface area contributed by atoms with Crippen LogP contribution < -0.4 is 16.9 Å². The van der Waals surface area contributed by atoms with Gasteiger partial charge < -0.3 is 0 Å². The number of nitrogens with zero attached hydrogens (tertiary/aromatic N) is 5. The van der Waals surface area contributed by atoms with Crippen LogP contribution in [0.25, 0.3) is 22.6 Å². The molecule has 0 amide bonds. The summed E-state index contributed by atoms with van der Waals surface area (Å²) in [6.45, 7) is 0.201. The van der Waals surface area contributed by atoms with Gasteiger partial charge in [0, 0.05) is 10.6 Å². The molecular formula is C29H22ClN5O3S. The van der Waals surface area contributed by atoms with Gasteiger partial charge in [0.1, 0.15) is 6.04 Å². The predicted octanol–water partition coefficient (Wildman–Crippen LogP) is 4.55. The Morgan fingerprint density at radius 1 is 0.821 bits per heavy atom. The molecule has 1 aliphatic rings. The van der Waals surface area contributed by atoms with E-state index in [1.165, 1.54) is 25.7 Å². The Morgan fingerprint density at radius 3 is 2.13 bits per heavy atom. The number of benzene rings is 3. The van der Waals surface area contributed by atoms with Gasteiger partial charge in [-0.25, -0.2) is 28.5 Å². The third-order valence-electron chi connectivity index (χ3n) is 6.63. The maximum atomic E-state index is 14.4. The zero-order valence-electron chi connectivity index (χ0n) is 20.8. The van der Waals surface area contributed by atoms with Crippen LogP contribution >= 0.6 is 23.4 Å². The molecule has 0 aliphatic carbocycles. The smallest absolute Gasteiger partial charge is 0.268 e. The van der Waals surface area contributed by atoms with Crippen molar-refractivity contribution in [3.05, 3.63) is 139 Å². The van der Waals surface area contributed by atoms with E-state index in [4.69, 9.17) is 16.6 Å². The minimum Gasteiger partial charge on any atom is -0.268 e. The number of fused-ring (bicyclic) bond motifs is 1. The fraction of sp³-hybridized carbons (Fsp3) is 0.103. The molecular weight excluding hydrogens is 534 g/mol. The molecule has 0 saturated heterocycles. The second-order valence-electron chi connectivity index (χ2n) is 8.88. The van der Waals surface area contributed by atoms with E-state index in [1.807, 2.05) is 42.7 Å². The first kappa shape index (κ1) is 25.0. The molecule has 3 aromatic carbocycles. The highest BCUT2D eigenvalue weighted by molar-refractivity contribution is 7.98. The number of rotatable bonds is 5. The third kappa shape index (κ3) is 4.20. The Bertz CT molecular complexity index is 1890. The maximum absolute atomic E-state index is 14.4. The Kier molecular flexibility index (Phi) is 6.46. The molecule has 0 spiro atoms. The van der Waals surface area contributed by atoms with E-state index >= 15 is 0 Å². The summed E-state index contributed by atoms with van der Waals surface area (Å²) in [5.74, 6) is 0. The van der Waals surface area contributed by atoms with Crippen molar-refractivity contribution in [3.8, 4) is 22.6 Å². The summed E-state index contributed by atoms with van der Waals surface area (Å²) in [5.41, 5.74) is 1.15. The van der Waals surface area contributed by atoms with Crippen molar-refractivity contribution in [2.24, 2.45) is 0 Å². The molecule has 0 N–H and O–H groups in total. The second-order valence-corrected chi connectivity index (χ2v) is 10.1. The lowest BCUT2D eigenvalue weighted by molar-refractivity contribution is 0.434. The van der Waals surface area contributed by atoms with Crippen LogP contribution in [-0.4, -0.2) is 29.7 Å². The number of aromatic nitrogens is 5. The molecule has 0 radical (unpaired) electrons. The average molecular weight is 556 g/mol. The largest absolute Gasteiger partial charge is 0.352 e. The highest BCUT2D eigenvalue weighted by Gasteiger charge is 2.31. The molecule has 1 atom stereocenters. The lowest BCUT2D eigenvalue weighted by Gasteiger charge is -2.24. The molecule has 2 aromatic heterocycles. The summed E-state index contributed by atoms with van der Waals surface area (Å²) >= 11 is 7.46. The molecule has 0 saturated carbocycles. The lowest BCUT2D eigenvalue weighted by Crippen LogP contribution is -2.37. The molecule has 5 aromatic rings. The van der Waals surface area contributed by atoms with E-state index in [9.17, 15) is 14.4 Å². The number of para-hydroxylation sites is 1. The van der Waals surface area contributed by atoms with Crippen molar-refractivity contribution in [2.45, 2.75) is 17.7 Å². The van der Waals surface area contributed by atoms with Gasteiger partial charge in [-0.2, -0.15) is 0 Å². The van der Waals surface area contributed by atoms with Gasteiger partial charge in [0.2, 0.25) is 0 Å². The van der Waals surface area contributed by atoms with Gasteiger partial charge in [-0.3, -0.25) is 9.36 Å². The summed E-state index contributed by atoms with van der Waals surface area (Å²) in [7, 11) is 0. The Hall–Kier alpha value is -4.34. The normalized spacial score (nSPS) is 14.4. The summed E-state index contributed by atoms with van der Waals surface area (Å²) in [5, 5.41) is 1.02. The van der Waals surface area contributed by atoms with E-state index in [-0.39, 0.29) is 17.7 Å². The van der Waals surface area contributed by atoms with Crippen LogP contribution in [-0.2, 0) is 6.54 Å². The van der Waals surface area contributed by atoms with Crippen LogP contribution in [0.2, 0.25) is 5.02 Å². The number of halogens is 1. The summed E-state index contributed by atoms with van der Waals surface area (Å²) in [6, 6.07) is 24.2. The van der Waals surface area contributed by atoms with Crippen LogP contribution in [0.5, 0.6) is 0 Å². The van der Waals surface area contributed by atoms with Gasteiger partial charge in [0.15, 0.2) is 5.16 Å². The van der Waals surface area contributed by atoms with Crippen molar-refractivity contribution < 1.29 is 0 Å². The number of hydrogen-bond donors (Lipinski definition) is 0. The van der Waals surface area contributed by atoms with E-state index in [0.29, 0.717) is 27.2 Å². The average Bonchev–Trinajstić information content (AvgIpc) is 3.23. The summed E-state index contributed by atoms with van der Waals surface area (Å²) < 4.78 is 5.37. The van der Waals surface area contributed by atoms with Gasteiger partial charge in [0.05, 0.1) is 29.2 Å². The first-order valence-corrected chi connectivity index (χ1v) is 13.8. The van der Waals surface area contributed by atoms with Crippen molar-refractivity contribution in [1.29, 1.82) is 0 Å². The molecule has 39 heavy (non-hydrogen) atoms. The zero-order valence-corrected chi connectivity index (χ0v) is 22.3. The second kappa shape index (κ2) is 10.1. The third-order valence-corrected chi connectivity index (χ3v) is 7.52. The topological polar surface area (TPSA) is 83.8 Å². The first-order chi connectivity index (χ1) is 19.0. The van der Waals surface area contributed by atoms with Crippen LogP contribution in [0.3, 0.4) is 0 Å². The van der Waals surface area contributed by atoms with Crippen molar-refractivity contribution in [3.63, 3.8) is 0 Å². The monoisotopic (exact) mass is 555 g/mol. The molecule has 6 rings (SSSR count). The standard InChI is InChI=1S/C29H22ClN5O3S/c1-39-27-31-25(19-9-4-2-5-10-19)24(26(36)33(27)22-16-14-20(30)15-17-22)23-13-8-18-32-28(37)34(29(38)35(23)32)21-11-6-3-7-12-21/h2-17,23H,18H2,1H3. The Labute approximate surface area is 232 Å². The fourth-order valence-electron chi connectivity index (χ4n) is 4.87. The van der Waals surface area contributed by atoms with Gasteiger partial charge >= 0.3 is 11.4 Å². The van der Waals surface area contributed by atoms with Gasteiger partial charge in [-0.05, 0) is 42.7 Å². The highest BCUT2D eigenvalue weighted by Crippen LogP contribution is 2.31. The van der Waals surface area contributed by atoms with Gasteiger partial charge in [0.25, 0.3) is 5.56 Å². The molecule has 0 bridgehead atoms. The van der Waals surface area contributed by atoms with Crippen LogP contribution in [0.15, 0.2) is 117 Å². The van der Waals surface area contributed by atoms with Crippen molar-refractivity contribution >= 4 is 23.4 Å². The van der Waals surface area contributed by atoms with Gasteiger partial charge in [-0.15, -0.1) is 0 Å². The van der Waals surface area contributed by atoms with E-state index in [2.05, 4.69) is 0 Å². The minimum atomic E-state index is -0.867.